The zero-order valence-corrected chi connectivity index (χ0v) is 8.00. The van der Waals surface area contributed by atoms with E-state index in [0.29, 0.717) is 12.8 Å². The number of carbonyl (C=O) groups excluding carboxylic acids is 2. The molecule has 0 aromatic rings. The first-order chi connectivity index (χ1) is 6.03. The fourth-order valence-corrected chi connectivity index (χ4v) is 1.78. The number of ether oxygens (including phenoxy) is 1. The summed E-state index contributed by atoms with van der Waals surface area (Å²) in [5.74, 6) is -1.51. The second-order valence-corrected chi connectivity index (χ2v) is 3.57. The highest BCUT2D eigenvalue weighted by atomic mass is 35.5. The molecule has 0 saturated heterocycles. The molecule has 0 aromatic heterocycles. The molecule has 0 aromatic carbocycles. The molecular weight excluding hydrogens is 196 g/mol. The molecule has 0 bridgehead atoms. The van der Waals surface area contributed by atoms with E-state index in [4.69, 9.17) is 11.6 Å². The zero-order chi connectivity index (χ0) is 10.1. The van der Waals surface area contributed by atoms with Crippen molar-refractivity contribution in [3.63, 3.8) is 0 Å². The molecule has 0 spiro atoms. The van der Waals surface area contributed by atoms with E-state index in [9.17, 15) is 14.7 Å². The number of aliphatic hydroxyl groups is 1. The molecule has 0 aliphatic heterocycles. The highest BCUT2D eigenvalue weighted by Gasteiger charge is 2.52. The Bertz CT molecular complexity index is 230. The van der Waals surface area contributed by atoms with Gasteiger partial charge in [0, 0.05) is 6.42 Å². The van der Waals surface area contributed by atoms with Crippen molar-refractivity contribution in [2.24, 2.45) is 0 Å². The van der Waals surface area contributed by atoms with E-state index in [-0.39, 0.29) is 6.42 Å². The van der Waals surface area contributed by atoms with E-state index < -0.39 is 22.7 Å². The van der Waals surface area contributed by atoms with E-state index in [1.165, 1.54) is 0 Å². The molecule has 0 unspecified atom stereocenters. The first kappa shape index (κ1) is 10.5. The van der Waals surface area contributed by atoms with Gasteiger partial charge in [0.15, 0.2) is 5.78 Å². The molecule has 5 heteroatoms. The lowest BCUT2D eigenvalue weighted by atomic mass is 9.83. The van der Waals surface area contributed by atoms with Crippen LogP contribution in [0.15, 0.2) is 0 Å². The van der Waals surface area contributed by atoms with Gasteiger partial charge in [0.25, 0.3) is 0 Å². The van der Waals surface area contributed by atoms with E-state index in [2.05, 4.69) is 4.74 Å². The summed E-state index contributed by atoms with van der Waals surface area (Å²) in [7, 11) is 1.12. The maximum Gasteiger partial charge on any atom is 0.347 e. The first-order valence-electron chi connectivity index (χ1n) is 4.01. The number of methoxy groups -OCH3 is 1. The number of carbonyl (C=O) groups is 2. The second kappa shape index (κ2) is 3.64. The number of Topliss-reactive ketones (excluding diaryl/α,β-unsaturated/α-hetero) is 1. The average Bonchev–Trinajstić information content (AvgIpc) is 2.12. The minimum Gasteiger partial charge on any atom is -0.466 e. The van der Waals surface area contributed by atoms with Gasteiger partial charge in [0.2, 0.25) is 5.60 Å². The summed E-state index contributed by atoms with van der Waals surface area (Å²) < 4.78 is 4.34. The van der Waals surface area contributed by atoms with Crippen molar-refractivity contribution >= 4 is 23.4 Å². The number of hydrogen-bond acceptors (Lipinski definition) is 4. The summed E-state index contributed by atoms with van der Waals surface area (Å²) in [6, 6.07) is 0. The van der Waals surface area contributed by atoms with Gasteiger partial charge in [0.1, 0.15) is 0 Å². The monoisotopic (exact) mass is 206 g/mol. The third kappa shape index (κ3) is 1.56. The Kier molecular flexibility index (Phi) is 2.93. The third-order valence-corrected chi connectivity index (χ3v) is 2.77. The normalized spacial score (nSPS) is 34.4. The van der Waals surface area contributed by atoms with Crippen LogP contribution >= 0.6 is 11.6 Å². The summed E-state index contributed by atoms with van der Waals surface area (Å²) in [5, 5.41) is 8.85. The maximum absolute atomic E-state index is 11.3. The lowest BCUT2D eigenvalue weighted by Crippen LogP contribution is -2.56. The third-order valence-electron chi connectivity index (χ3n) is 2.24. The molecule has 0 radical (unpaired) electrons. The van der Waals surface area contributed by atoms with Crippen LogP contribution in [0.1, 0.15) is 19.3 Å². The fourth-order valence-electron chi connectivity index (χ4n) is 1.41. The Morgan fingerprint density at radius 3 is 2.85 bits per heavy atom. The number of alkyl halides is 1. The summed E-state index contributed by atoms with van der Waals surface area (Å²) >= 11 is 5.72. The van der Waals surface area contributed by atoms with Crippen molar-refractivity contribution in [1.82, 2.24) is 0 Å². The molecule has 74 valence electrons. The minimum absolute atomic E-state index is 0.175. The molecule has 1 aliphatic rings. The SMILES string of the molecule is COC(=O)[C@@]1(O)C(=O)CCC[C@H]1Cl. The van der Waals surface area contributed by atoms with Crippen LogP contribution in [0.5, 0.6) is 0 Å². The molecule has 1 N–H and O–H groups in total. The second-order valence-electron chi connectivity index (χ2n) is 3.04. The standard InChI is InChI=1S/C8H11ClO4/c1-13-7(11)8(12)5(9)3-2-4-6(8)10/h5,12H,2-4H2,1H3/t5-,8+/m1/s1. The van der Waals surface area contributed by atoms with Crippen LogP contribution in [0.4, 0.5) is 0 Å². The fraction of sp³-hybridized carbons (Fsp3) is 0.750. The van der Waals surface area contributed by atoms with Gasteiger partial charge >= 0.3 is 5.97 Å². The molecule has 1 fully saturated rings. The average molecular weight is 207 g/mol. The van der Waals surface area contributed by atoms with Crippen molar-refractivity contribution in [3.05, 3.63) is 0 Å². The van der Waals surface area contributed by atoms with Crippen LogP contribution in [-0.4, -0.2) is 34.9 Å². The maximum atomic E-state index is 11.3. The highest BCUT2D eigenvalue weighted by molar-refractivity contribution is 6.27. The van der Waals surface area contributed by atoms with Crippen LogP contribution < -0.4 is 0 Å². The molecule has 0 heterocycles. The van der Waals surface area contributed by atoms with Crippen molar-refractivity contribution in [3.8, 4) is 0 Å². The van der Waals surface area contributed by atoms with Gasteiger partial charge in [-0.15, -0.1) is 11.6 Å². The molecule has 0 amide bonds. The van der Waals surface area contributed by atoms with E-state index in [1.807, 2.05) is 0 Å². The van der Waals surface area contributed by atoms with Gasteiger partial charge in [-0.05, 0) is 12.8 Å². The Labute approximate surface area is 80.8 Å². The van der Waals surface area contributed by atoms with Gasteiger partial charge in [-0.25, -0.2) is 4.79 Å². The Balaban J connectivity index is 2.94. The first-order valence-corrected chi connectivity index (χ1v) is 4.45. The summed E-state index contributed by atoms with van der Waals surface area (Å²) in [4.78, 5) is 22.4. The smallest absolute Gasteiger partial charge is 0.347 e. The summed E-state index contributed by atoms with van der Waals surface area (Å²) in [6.07, 6.45) is 1.22. The number of esters is 1. The predicted molar refractivity (Wildman–Crippen MR) is 45.5 cm³/mol. The number of rotatable bonds is 1. The summed E-state index contributed by atoms with van der Waals surface area (Å²) in [5.41, 5.74) is -2.13. The Morgan fingerprint density at radius 1 is 1.77 bits per heavy atom. The lowest BCUT2D eigenvalue weighted by molar-refractivity contribution is -0.170. The van der Waals surface area contributed by atoms with Crippen LogP contribution in [0.3, 0.4) is 0 Å². The van der Waals surface area contributed by atoms with Gasteiger partial charge in [0.05, 0.1) is 12.5 Å². The predicted octanol–water partition coefficient (Wildman–Crippen LogP) is 0.251. The van der Waals surface area contributed by atoms with E-state index in [1.54, 1.807) is 0 Å². The van der Waals surface area contributed by atoms with E-state index in [0.717, 1.165) is 7.11 Å². The minimum atomic E-state index is -2.13. The molecule has 2 atom stereocenters. The summed E-state index contributed by atoms with van der Waals surface area (Å²) in [6.45, 7) is 0. The quantitative estimate of drug-likeness (QED) is 0.380. The zero-order valence-electron chi connectivity index (χ0n) is 7.25. The number of ketones is 1. The number of hydrogen-bond donors (Lipinski definition) is 1. The van der Waals surface area contributed by atoms with Crippen molar-refractivity contribution in [1.29, 1.82) is 0 Å². The number of halogens is 1. The van der Waals surface area contributed by atoms with Crippen molar-refractivity contribution < 1.29 is 19.4 Å². The van der Waals surface area contributed by atoms with Crippen molar-refractivity contribution in [2.75, 3.05) is 7.11 Å². The Morgan fingerprint density at radius 2 is 2.38 bits per heavy atom. The lowest BCUT2D eigenvalue weighted by Gasteiger charge is -2.31. The van der Waals surface area contributed by atoms with Gasteiger partial charge in [-0.3, -0.25) is 4.79 Å². The molecule has 1 saturated carbocycles. The molecule has 4 nitrogen and oxygen atoms in total. The van der Waals surface area contributed by atoms with Gasteiger partial charge in [-0.2, -0.15) is 0 Å². The van der Waals surface area contributed by atoms with Crippen LogP contribution in [0.25, 0.3) is 0 Å². The van der Waals surface area contributed by atoms with E-state index >= 15 is 0 Å². The van der Waals surface area contributed by atoms with Gasteiger partial charge < -0.3 is 9.84 Å². The molecule has 1 aliphatic carbocycles. The van der Waals surface area contributed by atoms with Crippen LogP contribution in [-0.2, 0) is 14.3 Å². The van der Waals surface area contributed by atoms with Crippen LogP contribution in [0.2, 0.25) is 0 Å². The highest BCUT2D eigenvalue weighted by Crippen LogP contribution is 2.30. The van der Waals surface area contributed by atoms with Crippen molar-refractivity contribution in [2.45, 2.75) is 30.2 Å². The topological polar surface area (TPSA) is 63.6 Å². The van der Waals surface area contributed by atoms with Crippen LogP contribution in [0, 0.1) is 0 Å². The molecular formula is C8H11ClO4. The Hall–Kier alpha value is -0.610. The molecule has 13 heavy (non-hydrogen) atoms. The molecule has 1 rings (SSSR count). The largest absolute Gasteiger partial charge is 0.466 e. The van der Waals surface area contributed by atoms with Gasteiger partial charge in [-0.1, -0.05) is 0 Å².